The summed E-state index contributed by atoms with van der Waals surface area (Å²) in [5.74, 6) is 0.288. The van der Waals surface area contributed by atoms with E-state index in [-0.39, 0.29) is 5.75 Å². The molecule has 0 heterocycles. The van der Waals surface area contributed by atoms with Gasteiger partial charge in [-0.05, 0) is 41.5 Å². The summed E-state index contributed by atoms with van der Waals surface area (Å²) in [6.07, 6.45) is 2.13. The van der Waals surface area contributed by atoms with Crippen LogP contribution >= 0.6 is 0 Å². The minimum Gasteiger partial charge on any atom is -0.508 e. The van der Waals surface area contributed by atoms with Gasteiger partial charge in [-0.1, -0.05) is 30.3 Å². The van der Waals surface area contributed by atoms with Crippen molar-refractivity contribution in [2.45, 2.75) is 0 Å². The van der Waals surface area contributed by atoms with Crippen molar-refractivity contribution in [2.24, 2.45) is 0 Å². The first-order valence-corrected chi connectivity index (χ1v) is 5.90. The normalized spacial score (nSPS) is 11.3. The molecule has 0 saturated carbocycles. The van der Waals surface area contributed by atoms with E-state index in [4.69, 9.17) is 0 Å². The van der Waals surface area contributed by atoms with Crippen LogP contribution in [0.25, 0.3) is 11.8 Å². The second kappa shape index (κ2) is 5.41. The molecule has 0 aliphatic heterocycles. The topological polar surface area (TPSA) is 23.5 Å². The van der Waals surface area contributed by atoms with Crippen molar-refractivity contribution in [1.82, 2.24) is 4.90 Å². The van der Waals surface area contributed by atoms with Gasteiger partial charge in [0.1, 0.15) is 5.75 Å². The van der Waals surface area contributed by atoms with E-state index in [0.29, 0.717) is 0 Å². The van der Waals surface area contributed by atoms with Crippen LogP contribution in [0.4, 0.5) is 0 Å². The predicted molar refractivity (Wildman–Crippen MR) is 76.1 cm³/mol. The van der Waals surface area contributed by atoms with E-state index in [9.17, 15) is 5.11 Å². The highest BCUT2D eigenvalue weighted by Crippen LogP contribution is 2.22. The monoisotopic (exact) mass is 239 g/mol. The van der Waals surface area contributed by atoms with Gasteiger partial charge in [-0.3, -0.25) is 0 Å². The molecule has 0 radical (unpaired) electrons. The number of phenolic OH excluding ortho intramolecular Hbond substituents is 1. The van der Waals surface area contributed by atoms with Crippen molar-refractivity contribution in [3.63, 3.8) is 0 Å². The van der Waals surface area contributed by atoms with E-state index >= 15 is 0 Å². The highest BCUT2D eigenvalue weighted by Gasteiger charge is 2.04. The standard InChI is InChI=1S/C16H17NO/c1-17(2)16(12-13-6-4-3-5-7-13)14-8-10-15(18)11-9-14/h3-12,18H,1-2H3. The van der Waals surface area contributed by atoms with Crippen molar-refractivity contribution < 1.29 is 5.11 Å². The highest BCUT2D eigenvalue weighted by atomic mass is 16.3. The fraction of sp³-hybridized carbons (Fsp3) is 0.125. The molecule has 0 aliphatic rings. The molecule has 2 heteroatoms. The van der Waals surface area contributed by atoms with E-state index in [1.807, 2.05) is 44.4 Å². The Morgan fingerprint density at radius 1 is 0.944 bits per heavy atom. The molecule has 0 bridgehead atoms. The fourth-order valence-electron chi connectivity index (χ4n) is 1.81. The average Bonchev–Trinajstić information content (AvgIpc) is 2.38. The number of aromatic hydroxyl groups is 1. The Bertz CT molecular complexity index is 527. The van der Waals surface area contributed by atoms with Crippen LogP contribution in [0.2, 0.25) is 0 Å². The summed E-state index contributed by atoms with van der Waals surface area (Å²) in [5.41, 5.74) is 3.36. The van der Waals surface area contributed by atoms with Crippen LogP contribution in [-0.4, -0.2) is 24.1 Å². The first-order chi connectivity index (χ1) is 8.66. The molecule has 18 heavy (non-hydrogen) atoms. The van der Waals surface area contributed by atoms with Gasteiger partial charge in [-0.25, -0.2) is 0 Å². The van der Waals surface area contributed by atoms with Gasteiger partial charge in [-0.15, -0.1) is 0 Å². The molecule has 2 rings (SSSR count). The largest absolute Gasteiger partial charge is 0.508 e. The predicted octanol–water partition coefficient (Wildman–Crippen LogP) is 3.45. The smallest absolute Gasteiger partial charge is 0.115 e. The SMILES string of the molecule is CN(C)C(=Cc1ccccc1)c1ccc(O)cc1. The Kier molecular flexibility index (Phi) is 3.68. The molecule has 92 valence electrons. The molecule has 0 atom stereocenters. The molecule has 1 N–H and O–H groups in total. The quantitative estimate of drug-likeness (QED) is 0.829. The molecule has 0 amide bonds. The number of rotatable bonds is 3. The summed E-state index contributed by atoms with van der Waals surface area (Å²) in [4.78, 5) is 2.07. The van der Waals surface area contributed by atoms with Crippen LogP contribution < -0.4 is 0 Å². The Morgan fingerprint density at radius 2 is 1.56 bits per heavy atom. The molecule has 0 spiro atoms. The van der Waals surface area contributed by atoms with Crippen molar-refractivity contribution in [1.29, 1.82) is 0 Å². The van der Waals surface area contributed by atoms with Gasteiger partial charge >= 0.3 is 0 Å². The van der Waals surface area contributed by atoms with Crippen molar-refractivity contribution in [2.75, 3.05) is 14.1 Å². The van der Waals surface area contributed by atoms with Gasteiger partial charge < -0.3 is 10.0 Å². The second-order valence-electron chi connectivity index (χ2n) is 4.38. The van der Waals surface area contributed by atoms with Crippen LogP contribution in [-0.2, 0) is 0 Å². The molecular formula is C16H17NO. The molecule has 2 nitrogen and oxygen atoms in total. The summed E-state index contributed by atoms with van der Waals surface area (Å²) < 4.78 is 0. The highest BCUT2D eigenvalue weighted by molar-refractivity contribution is 5.80. The zero-order valence-corrected chi connectivity index (χ0v) is 10.7. The number of nitrogens with zero attached hydrogens (tertiary/aromatic N) is 1. The third kappa shape index (κ3) is 2.92. The lowest BCUT2D eigenvalue weighted by atomic mass is 10.1. The number of hydrogen-bond acceptors (Lipinski definition) is 2. The second-order valence-corrected chi connectivity index (χ2v) is 4.38. The van der Waals surface area contributed by atoms with Gasteiger partial charge in [0.25, 0.3) is 0 Å². The Morgan fingerprint density at radius 3 is 2.11 bits per heavy atom. The van der Waals surface area contributed by atoms with E-state index in [1.165, 1.54) is 0 Å². The molecule has 2 aromatic rings. The first-order valence-electron chi connectivity index (χ1n) is 5.90. The van der Waals surface area contributed by atoms with Gasteiger partial charge in [-0.2, -0.15) is 0 Å². The summed E-state index contributed by atoms with van der Waals surface area (Å²) >= 11 is 0. The Labute approximate surface area is 108 Å². The number of phenols is 1. The fourth-order valence-corrected chi connectivity index (χ4v) is 1.81. The van der Waals surface area contributed by atoms with Gasteiger partial charge in [0, 0.05) is 19.8 Å². The lowest BCUT2D eigenvalue weighted by molar-refractivity contribution is 0.475. The van der Waals surface area contributed by atoms with Crippen LogP contribution in [0.1, 0.15) is 11.1 Å². The van der Waals surface area contributed by atoms with Gasteiger partial charge in [0.2, 0.25) is 0 Å². The molecule has 0 aliphatic carbocycles. The lowest BCUT2D eigenvalue weighted by Gasteiger charge is -2.18. The van der Waals surface area contributed by atoms with E-state index in [0.717, 1.165) is 16.8 Å². The van der Waals surface area contributed by atoms with E-state index in [2.05, 4.69) is 23.1 Å². The van der Waals surface area contributed by atoms with E-state index < -0.39 is 0 Å². The first kappa shape index (κ1) is 12.2. The van der Waals surface area contributed by atoms with Crippen molar-refractivity contribution >= 4 is 11.8 Å². The minimum atomic E-state index is 0.288. The van der Waals surface area contributed by atoms with Crippen LogP contribution in [0.5, 0.6) is 5.75 Å². The summed E-state index contributed by atoms with van der Waals surface area (Å²) in [7, 11) is 4.03. The van der Waals surface area contributed by atoms with Gasteiger partial charge in [0.05, 0.1) is 0 Å². The van der Waals surface area contributed by atoms with Crippen LogP contribution in [0, 0.1) is 0 Å². The Hall–Kier alpha value is -2.22. The molecule has 2 aromatic carbocycles. The molecule has 0 unspecified atom stereocenters. The average molecular weight is 239 g/mol. The number of hydrogen-bond donors (Lipinski definition) is 1. The summed E-state index contributed by atoms with van der Waals surface area (Å²) in [6.45, 7) is 0. The Balaban J connectivity index is 2.40. The molecular weight excluding hydrogens is 222 g/mol. The minimum absolute atomic E-state index is 0.288. The van der Waals surface area contributed by atoms with Crippen LogP contribution in [0.15, 0.2) is 54.6 Å². The van der Waals surface area contributed by atoms with E-state index in [1.54, 1.807) is 12.1 Å². The maximum atomic E-state index is 9.33. The maximum Gasteiger partial charge on any atom is 0.115 e. The third-order valence-electron chi connectivity index (χ3n) is 2.75. The third-order valence-corrected chi connectivity index (χ3v) is 2.75. The molecule has 0 aromatic heterocycles. The zero-order chi connectivity index (χ0) is 13.0. The van der Waals surface area contributed by atoms with Gasteiger partial charge in [0.15, 0.2) is 0 Å². The van der Waals surface area contributed by atoms with Crippen molar-refractivity contribution in [3.05, 3.63) is 65.7 Å². The van der Waals surface area contributed by atoms with Crippen LogP contribution in [0.3, 0.4) is 0 Å². The maximum absolute atomic E-state index is 9.33. The zero-order valence-electron chi connectivity index (χ0n) is 10.7. The molecule has 0 fully saturated rings. The number of benzene rings is 2. The molecule has 0 saturated heterocycles. The van der Waals surface area contributed by atoms with Crippen molar-refractivity contribution in [3.8, 4) is 5.75 Å². The summed E-state index contributed by atoms with van der Waals surface area (Å²) in [6, 6.07) is 17.5. The summed E-state index contributed by atoms with van der Waals surface area (Å²) in [5, 5.41) is 9.33. The lowest BCUT2D eigenvalue weighted by Crippen LogP contribution is -2.09.